The number of amides is 2. The molecule has 1 saturated heterocycles. The van der Waals surface area contributed by atoms with Crippen molar-refractivity contribution in [2.45, 2.75) is 6.92 Å². The standard InChI is InChI=1S/C19H17ClN2O7S/c1-10-9-30(27,28)22(18(10)25)12-4-5-13(15(20)8-12)17(24)21-11-3-6-16(23)14(7-11)19(26)29-2/h3-8,10,23H,9H2,1-2H3,(H,21,24)/t10-/m1/s1. The van der Waals surface area contributed by atoms with Crippen molar-refractivity contribution < 1.29 is 32.6 Å². The Morgan fingerprint density at radius 2 is 1.90 bits per heavy atom. The van der Waals surface area contributed by atoms with Crippen LogP contribution in [0.15, 0.2) is 36.4 Å². The highest BCUT2D eigenvalue weighted by Crippen LogP contribution is 2.32. The summed E-state index contributed by atoms with van der Waals surface area (Å²) in [6, 6.07) is 7.65. The molecule has 1 fully saturated rings. The van der Waals surface area contributed by atoms with Gasteiger partial charge in [-0.15, -0.1) is 0 Å². The molecule has 0 radical (unpaired) electrons. The third kappa shape index (κ3) is 3.96. The van der Waals surface area contributed by atoms with Crippen LogP contribution >= 0.6 is 11.6 Å². The van der Waals surface area contributed by atoms with E-state index in [2.05, 4.69) is 10.1 Å². The Bertz CT molecular complexity index is 1160. The van der Waals surface area contributed by atoms with Crippen molar-refractivity contribution in [3.63, 3.8) is 0 Å². The van der Waals surface area contributed by atoms with Gasteiger partial charge in [0, 0.05) is 5.69 Å². The molecule has 0 aliphatic carbocycles. The van der Waals surface area contributed by atoms with Crippen molar-refractivity contribution >= 4 is 50.8 Å². The van der Waals surface area contributed by atoms with Gasteiger partial charge in [-0.05, 0) is 36.4 Å². The number of hydrogen-bond donors (Lipinski definition) is 2. The van der Waals surface area contributed by atoms with Crippen LogP contribution in [0.4, 0.5) is 11.4 Å². The summed E-state index contributed by atoms with van der Waals surface area (Å²) in [4.78, 5) is 36.4. The van der Waals surface area contributed by atoms with Crippen LogP contribution in [-0.2, 0) is 19.6 Å². The molecule has 2 aromatic carbocycles. The van der Waals surface area contributed by atoms with E-state index in [1.807, 2.05) is 0 Å². The maximum Gasteiger partial charge on any atom is 0.341 e. The number of methoxy groups -OCH3 is 1. The molecule has 0 spiro atoms. The van der Waals surface area contributed by atoms with Crippen molar-refractivity contribution in [1.29, 1.82) is 0 Å². The summed E-state index contributed by atoms with van der Waals surface area (Å²) < 4.78 is 29.7. The predicted molar refractivity (Wildman–Crippen MR) is 109 cm³/mol. The van der Waals surface area contributed by atoms with Gasteiger partial charge in [-0.3, -0.25) is 9.59 Å². The number of ether oxygens (including phenoxy) is 1. The van der Waals surface area contributed by atoms with Gasteiger partial charge in [0.1, 0.15) is 11.3 Å². The molecule has 0 unspecified atom stereocenters. The molecule has 1 heterocycles. The number of nitrogens with zero attached hydrogens (tertiary/aromatic N) is 1. The van der Waals surface area contributed by atoms with Crippen molar-refractivity contribution in [1.82, 2.24) is 0 Å². The summed E-state index contributed by atoms with van der Waals surface area (Å²) in [7, 11) is -2.65. The topological polar surface area (TPSA) is 130 Å². The summed E-state index contributed by atoms with van der Waals surface area (Å²) in [5, 5.41) is 12.2. The van der Waals surface area contributed by atoms with Crippen LogP contribution in [-0.4, -0.2) is 44.2 Å². The van der Waals surface area contributed by atoms with E-state index in [0.717, 1.165) is 7.11 Å². The summed E-state index contributed by atoms with van der Waals surface area (Å²) in [5.41, 5.74) is 0.127. The van der Waals surface area contributed by atoms with E-state index in [1.165, 1.54) is 43.3 Å². The Morgan fingerprint density at radius 1 is 1.20 bits per heavy atom. The lowest BCUT2D eigenvalue weighted by atomic mass is 10.1. The van der Waals surface area contributed by atoms with Crippen molar-refractivity contribution in [2.75, 3.05) is 22.5 Å². The lowest BCUT2D eigenvalue weighted by molar-refractivity contribution is -0.119. The zero-order valence-electron chi connectivity index (χ0n) is 15.9. The summed E-state index contributed by atoms with van der Waals surface area (Å²) in [5.74, 6) is -3.27. The minimum Gasteiger partial charge on any atom is -0.507 e. The number of rotatable bonds is 4. The number of esters is 1. The molecule has 2 aromatic rings. The van der Waals surface area contributed by atoms with Gasteiger partial charge in [0.2, 0.25) is 15.9 Å². The van der Waals surface area contributed by atoms with Gasteiger partial charge in [0.25, 0.3) is 5.91 Å². The molecular weight excluding hydrogens is 436 g/mol. The molecule has 2 N–H and O–H groups in total. The Labute approximate surface area is 177 Å². The fourth-order valence-electron chi connectivity index (χ4n) is 2.99. The van der Waals surface area contributed by atoms with Gasteiger partial charge >= 0.3 is 5.97 Å². The van der Waals surface area contributed by atoms with E-state index in [1.54, 1.807) is 0 Å². The second-order valence-electron chi connectivity index (χ2n) is 6.62. The lowest BCUT2D eigenvalue weighted by Crippen LogP contribution is -2.30. The van der Waals surface area contributed by atoms with Crippen LogP contribution in [0.1, 0.15) is 27.6 Å². The first-order chi connectivity index (χ1) is 14.0. The minimum absolute atomic E-state index is 0.0187. The molecule has 9 nitrogen and oxygen atoms in total. The smallest absolute Gasteiger partial charge is 0.341 e. The van der Waals surface area contributed by atoms with E-state index in [-0.39, 0.29) is 39.0 Å². The van der Waals surface area contributed by atoms with Crippen LogP contribution < -0.4 is 9.62 Å². The zero-order chi connectivity index (χ0) is 22.2. The Morgan fingerprint density at radius 3 is 2.47 bits per heavy atom. The normalized spacial score (nSPS) is 17.6. The SMILES string of the molecule is COC(=O)c1cc(NC(=O)c2ccc(N3C(=O)[C@H](C)CS3(=O)=O)cc2Cl)ccc1O. The molecule has 3 rings (SSSR count). The molecule has 30 heavy (non-hydrogen) atoms. The van der Waals surface area contributed by atoms with Gasteiger partial charge in [0.15, 0.2) is 0 Å². The van der Waals surface area contributed by atoms with E-state index in [4.69, 9.17) is 11.6 Å². The van der Waals surface area contributed by atoms with E-state index >= 15 is 0 Å². The van der Waals surface area contributed by atoms with Gasteiger partial charge in [-0.2, -0.15) is 0 Å². The largest absolute Gasteiger partial charge is 0.507 e. The molecule has 158 valence electrons. The maximum absolute atomic E-state index is 12.6. The molecule has 1 aliphatic rings. The molecule has 0 bridgehead atoms. The molecule has 1 atom stereocenters. The number of nitrogens with one attached hydrogen (secondary N) is 1. The molecule has 2 amide bonds. The number of phenolic OH excluding ortho intramolecular Hbond substituents is 1. The summed E-state index contributed by atoms with van der Waals surface area (Å²) in [6.45, 7) is 1.52. The number of hydrogen-bond acceptors (Lipinski definition) is 7. The second kappa shape index (κ2) is 7.96. The van der Waals surface area contributed by atoms with Crippen LogP contribution in [0.25, 0.3) is 0 Å². The number of carbonyl (C=O) groups is 3. The van der Waals surface area contributed by atoms with E-state index in [0.29, 0.717) is 4.31 Å². The van der Waals surface area contributed by atoms with Crippen LogP contribution in [0.2, 0.25) is 5.02 Å². The Balaban J connectivity index is 1.87. The molecule has 11 heteroatoms. The number of anilines is 2. The van der Waals surface area contributed by atoms with Crippen LogP contribution in [0.3, 0.4) is 0 Å². The fraction of sp³-hybridized carbons (Fsp3) is 0.211. The zero-order valence-corrected chi connectivity index (χ0v) is 17.5. The molecule has 0 aromatic heterocycles. The number of carbonyl (C=O) groups excluding carboxylic acids is 3. The van der Waals surface area contributed by atoms with Gasteiger partial charge < -0.3 is 15.2 Å². The first-order valence-electron chi connectivity index (χ1n) is 8.64. The lowest BCUT2D eigenvalue weighted by Gasteiger charge is -2.16. The fourth-order valence-corrected chi connectivity index (χ4v) is 5.06. The first-order valence-corrected chi connectivity index (χ1v) is 10.6. The third-order valence-corrected chi connectivity index (χ3v) is 6.63. The highest BCUT2D eigenvalue weighted by atomic mass is 35.5. The van der Waals surface area contributed by atoms with Gasteiger partial charge in [-0.25, -0.2) is 17.5 Å². The molecular formula is C19H17ClN2O7S. The average Bonchev–Trinajstić information content (AvgIpc) is 2.89. The molecule has 1 aliphatic heterocycles. The second-order valence-corrected chi connectivity index (χ2v) is 8.89. The van der Waals surface area contributed by atoms with Gasteiger partial charge in [-0.1, -0.05) is 18.5 Å². The number of phenols is 1. The third-order valence-electron chi connectivity index (χ3n) is 4.45. The number of benzene rings is 2. The number of halogens is 1. The first kappa shape index (κ1) is 21.6. The van der Waals surface area contributed by atoms with Crippen molar-refractivity contribution in [3.05, 3.63) is 52.5 Å². The quantitative estimate of drug-likeness (QED) is 0.538. The van der Waals surface area contributed by atoms with Crippen molar-refractivity contribution in [3.8, 4) is 5.75 Å². The Hall–Kier alpha value is -3.11. The average molecular weight is 453 g/mol. The van der Waals surface area contributed by atoms with Crippen molar-refractivity contribution in [2.24, 2.45) is 5.92 Å². The highest BCUT2D eigenvalue weighted by Gasteiger charge is 2.42. The van der Waals surface area contributed by atoms with Crippen LogP contribution in [0.5, 0.6) is 5.75 Å². The maximum atomic E-state index is 12.6. The number of sulfonamides is 1. The van der Waals surface area contributed by atoms with Gasteiger partial charge in [0.05, 0.1) is 35.1 Å². The Kier molecular flexibility index (Phi) is 5.73. The van der Waals surface area contributed by atoms with Crippen LogP contribution in [0, 0.1) is 5.92 Å². The number of aromatic hydroxyl groups is 1. The molecule has 0 saturated carbocycles. The van der Waals surface area contributed by atoms with E-state index < -0.39 is 33.7 Å². The minimum atomic E-state index is -3.80. The summed E-state index contributed by atoms with van der Waals surface area (Å²) >= 11 is 6.17. The predicted octanol–water partition coefficient (Wildman–Crippen LogP) is 2.40. The summed E-state index contributed by atoms with van der Waals surface area (Å²) in [6.07, 6.45) is 0. The monoisotopic (exact) mass is 452 g/mol. The van der Waals surface area contributed by atoms with E-state index in [9.17, 15) is 27.9 Å². The highest BCUT2D eigenvalue weighted by molar-refractivity contribution is 7.94.